The summed E-state index contributed by atoms with van der Waals surface area (Å²) in [5, 5.41) is 3.34. The Balaban J connectivity index is 1.62. The Kier molecular flexibility index (Phi) is 5.82. The molecule has 1 aliphatic rings. The largest absolute Gasteiger partial charge is 0.439 e. The van der Waals surface area contributed by atoms with Gasteiger partial charge in [0.15, 0.2) is 5.96 Å². The van der Waals surface area contributed by atoms with Gasteiger partial charge in [0, 0.05) is 38.0 Å². The van der Waals surface area contributed by atoms with E-state index in [1.165, 1.54) is 25.0 Å². The van der Waals surface area contributed by atoms with Crippen molar-refractivity contribution in [3.05, 3.63) is 54.0 Å². The molecule has 132 valence electrons. The van der Waals surface area contributed by atoms with Crippen molar-refractivity contribution in [1.82, 2.24) is 15.2 Å². The Morgan fingerprint density at radius 1 is 1.28 bits per heavy atom. The fourth-order valence-corrected chi connectivity index (χ4v) is 2.74. The summed E-state index contributed by atoms with van der Waals surface area (Å²) < 4.78 is 18.7. The number of rotatable bonds is 5. The molecule has 6 heteroatoms. The number of guanidine groups is 1. The fraction of sp³-hybridized carbons (Fsp3) is 0.368. The number of hydrogen-bond acceptors (Lipinski definition) is 3. The third kappa shape index (κ3) is 4.92. The summed E-state index contributed by atoms with van der Waals surface area (Å²) in [6, 6.07) is 9.72. The van der Waals surface area contributed by atoms with Crippen molar-refractivity contribution < 1.29 is 9.13 Å². The van der Waals surface area contributed by atoms with Crippen LogP contribution in [0.3, 0.4) is 0 Å². The maximum Gasteiger partial charge on any atom is 0.219 e. The van der Waals surface area contributed by atoms with Gasteiger partial charge < -0.3 is 15.0 Å². The molecule has 1 aromatic heterocycles. The molecule has 1 N–H and O–H groups in total. The summed E-state index contributed by atoms with van der Waals surface area (Å²) in [5.41, 5.74) is 1.00. The highest BCUT2D eigenvalue weighted by Crippen LogP contribution is 2.20. The predicted octanol–water partition coefficient (Wildman–Crippen LogP) is 3.57. The van der Waals surface area contributed by atoms with E-state index in [2.05, 4.69) is 22.1 Å². The second-order valence-electron chi connectivity index (χ2n) is 5.93. The van der Waals surface area contributed by atoms with Crippen LogP contribution in [0.25, 0.3) is 0 Å². The van der Waals surface area contributed by atoms with Crippen molar-refractivity contribution in [2.45, 2.75) is 26.3 Å². The zero-order valence-corrected chi connectivity index (χ0v) is 14.4. The Labute approximate surface area is 147 Å². The summed E-state index contributed by atoms with van der Waals surface area (Å²) in [5.74, 6) is 1.49. The lowest BCUT2D eigenvalue weighted by atomic mass is 10.3. The van der Waals surface area contributed by atoms with Crippen LogP contribution in [0.5, 0.6) is 11.6 Å². The van der Waals surface area contributed by atoms with Gasteiger partial charge in [-0.2, -0.15) is 0 Å². The van der Waals surface area contributed by atoms with Crippen LogP contribution < -0.4 is 10.1 Å². The lowest BCUT2D eigenvalue weighted by Crippen LogP contribution is -2.39. The first-order valence-corrected chi connectivity index (χ1v) is 8.66. The number of nitrogens with zero attached hydrogens (tertiary/aromatic N) is 3. The summed E-state index contributed by atoms with van der Waals surface area (Å²) in [6.07, 6.45) is 4.18. The third-order valence-electron chi connectivity index (χ3n) is 3.97. The maximum atomic E-state index is 13.2. The van der Waals surface area contributed by atoms with Crippen LogP contribution in [-0.2, 0) is 6.54 Å². The number of pyridine rings is 1. The summed E-state index contributed by atoms with van der Waals surface area (Å²) in [7, 11) is 0. The molecule has 0 atom stereocenters. The van der Waals surface area contributed by atoms with E-state index >= 15 is 0 Å². The maximum absolute atomic E-state index is 13.2. The van der Waals surface area contributed by atoms with Crippen molar-refractivity contribution in [3.63, 3.8) is 0 Å². The molecular formula is C19H23FN4O. The number of aromatic nitrogens is 1. The molecule has 25 heavy (non-hydrogen) atoms. The molecule has 0 unspecified atom stereocenters. The zero-order chi connectivity index (χ0) is 17.5. The van der Waals surface area contributed by atoms with E-state index < -0.39 is 0 Å². The molecule has 0 spiro atoms. The van der Waals surface area contributed by atoms with E-state index in [4.69, 9.17) is 9.73 Å². The average Bonchev–Trinajstić information content (AvgIpc) is 3.14. The molecule has 2 heterocycles. The first-order chi connectivity index (χ1) is 12.2. The van der Waals surface area contributed by atoms with Crippen molar-refractivity contribution in [3.8, 4) is 11.6 Å². The van der Waals surface area contributed by atoms with Crippen LogP contribution in [-0.4, -0.2) is 35.5 Å². The van der Waals surface area contributed by atoms with E-state index in [-0.39, 0.29) is 5.82 Å². The Morgan fingerprint density at radius 2 is 2.12 bits per heavy atom. The predicted molar refractivity (Wildman–Crippen MR) is 96.3 cm³/mol. The standard InChI is InChI=1S/C19H23FN4O/c1-2-21-19(24-10-3-4-11-24)23-14-15-8-9-18(22-13-15)25-17-7-5-6-16(20)12-17/h5-9,12-13H,2-4,10-11,14H2,1H3,(H,21,23). The molecule has 0 saturated carbocycles. The number of halogens is 1. The van der Waals surface area contributed by atoms with E-state index in [9.17, 15) is 4.39 Å². The Hall–Kier alpha value is -2.63. The lowest BCUT2D eigenvalue weighted by molar-refractivity contribution is 0.457. The van der Waals surface area contributed by atoms with Crippen LogP contribution in [0.2, 0.25) is 0 Å². The smallest absolute Gasteiger partial charge is 0.219 e. The normalized spacial score (nSPS) is 14.6. The van der Waals surface area contributed by atoms with Crippen LogP contribution in [0.4, 0.5) is 4.39 Å². The molecule has 1 fully saturated rings. The molecule has 1 saturated heterocycles. The minimum Gasteiger partial charge on any atom is -0.439 e. The van der Waals surface area contributed by atoms with E-state index in [1.54, 1.807) is 24.4 Å². The molecule has 0 bridgehead atoms. The number of likely N-dealkylation sites (tertiary alicyclic amines) is 1. The van der Waals surface area contributed by atoms with Crippen LogP contribution in [0.15, 0.2) is 47.6 Å². The Bertz CT molecular complexity index is 712. The molecule has 2 aromatic rings. The number of ether oxygens (including phenoxy) is 1. The van der Waals surface area contributed by atoms with E-state index in [1.807, 2.05) is 6.07 Å². The van der Waals surface area contributed by atoms with Gasteiger partial charge in [-0.15, -0.1) is 0 Å². The average molecular weight is 342 g/mol. The first kappa shape index (κ1) is 17.2. The molecule has 0 aliphatic carbocycles. The van der Waals surface area contributed by atoms with Gasteiger partial charge in [0.2, 0.25) is 5.88 Å². The highest BCUT2D eigenvalue weighted by atomic mass is 19.1. The van der Waals surface area contributed by atoms with E-state index in [0.717, 1.165) is 31.2 Å². The Morgan fingerprint density at radius 3 is 2.80 bits per heavy atom. The first-order valence-electron chi connectivity index (χ1n) is 8.66. The van der Waals surface area contributed by atoms with Crippen LogP contribution in [0, 0.1) is 5.82 Å². The number of nitrogens with one attached hydrogen (secondary N) is 1. The minimum absolute atomic E-state index is 0.332. The van der Waals surface area contributed by atoms with E-state index in [0.29, 0.717) is 18.2 Å². The molecule has 1 aromatic carbocycles. The quantitative estimate of drug-likeness (QED) is 0.667. The van der Waals surface area contributed by atoms with Crippen LogP contribution >= 0.6 is 0 Å². The van der Waals surface area contributed by atoms with Gasteiger partial charge in [0.25, 0.3) is 0 Å². The highest BCUT2D eigenvalue weighted by Gasteiger charge is 2.15. The monoisotopic (exact) mass is 342 g/mol. The highest BCUT2D eigenvalue weighted by molar-refractivity contribution is 5.80. The van der Waals surface area contributed by atoms with Gasteiger partial charge in [-0.1, -0.05) is 12.1 Å². The van der Waals surface area contributed by atoms with Crippen molar-refractivity contribution >= 4 is 5.96 Å². The van der Waals surface area contributed by atoms with Crippen molar-refractivity contribution in [2.75, 3.05) is 19.6 Å². The topological polar surface area (TPSA) is 49.8 Å². The molecule has 5 nitrogen and oxygen atoms in total. The number of benzene rings is 1. The number of hydrogen-bond donors (Lipinski definition) is 1. The van der Waals surface area contributed by atoms with Gasteiger partial charge in [0.1, 0.15) is 11.6 Å². The molecule has 3 rings (SSSR count). The molecular weight excluding hydrogens is 319 g/mol. The van der Waals surface area contributed by atoms with Crippen LogP contribution in [0.1, 0.15) is 25.3 Å². The third-order valence-corrected chi connectivity index (χ3v) is 3.97. The number of aliphatic imine (C=N–C) groups is 1. The summed E-state index contributed by atoms with van der Waals surface area (Å²) >= 11 is 0. The van der Waals surface area contributed by atoms with Crippen molar-refractivity contribution in [1.29, 1.82) is 0 Å². The molecule has 0 radical (unpaired) electrons. The zero-order valence-electron chi connectivity index (χ0n) is 14.4. The summed E-state index contributed by atoms with van der Waals surface area (Å²) in [6.45, 7) is 5.61. The van der Waals surface area contributed by atoms with Gasteiger partial charge in [0.05, 0.1) is 6.54 Å². The summed E-state index contributed by atoms with van der Waals surface area (Å²) in [4.78, 5) is 11.3. The SMILES string of the molecule is CCNC(=NCc1ccc(Oc2cccc(F)c2)nc1)N1CCCC1. The molecule has 1 aliphatic heterocycles. The second kappa shape index (κ2) is 8.46. The lowest BCUT2D eigenvalue weighted by Gasteiger charge is -2.20. The van der Waals surface area contributed by atoms with Gasteiger partial charge in [-0.05, 0) is 37.5 Å². The molecule has 0 amide bonds. The second-order valence-corrected chi connectivity index (χ2v) is 5.93. The van der Waals surface area contributed by atoms with Gasteiger partial charge >= 0.3 is 0 Å². The van der Waals surface area contributed by atoms with Gasteiger partial charge in [-0.25, -0.2) is 14.4 Å². The minimum atomic E-state index is -0.332. The van der Waals surface area contributed by atoms with Crippen molar-refractivity contribution in [2.24, 2.45) is 4.99 Å². The fourth-order valence-electron chi connectivity index (χ4n) is 2.74. The van der Waals surface area contributed by atoms with Gasteiger partial charge in [-0.3, -0.25) is 0 Å².